The Morgan fingerprint density at radius 3 is 2.57 bits per heavy atom. The van der Waals surface area contributed by atoms with Crippen molar-refractivity contribution >= 4 is 35.1 Å². The van der Waals surface area contributed by atoms with Crippen LogP contribution in [0.5, 0.6) is 0 Å². The lowest BCUT2D eigenvalue weighted by Crippen LogP contribution is -2.47. The second kappa shape index (κ2) is 7.98. The topological polar surface area (TPSA) is 96.0 Å². The molecular weight excluding hydrogens is 386 g/mol. The number of hydrogen-bond acceptors (Lipinski definition) is 5. The smallest absolute Gasteiger partial charge is 0.337 e. The largest absolute Gasteiger partial charge is 0.465 e. The number of benzene rings is 2. The predicted octanol–water partition coefficient (Wildman–Crippen LogP) is 2.06. The molecule has 1 fully saturated rings. The van der Waals surface area contributed by atoms with Gasteiger partial charge >= 0.3 is 5.97 Å². The summed E-state index contributed by atoms with van der Waals surface area (Å²) in [5.41, 5.74) is 1.72. The van der Waals surface area contributed by atoms with Gasteiger partial charge in [0.25, 0.3) is 5.91 Å². The minimum absolute atomic E-state index is 0.178. The number of amides is 3. The number of ether oxygens (including phenoxy) is 1. The van der Waals surface area contributed by atoms with E-state index in [1.165, 1.54) is 12.0 Å². The van der Waals surface area contributed by atoms with Crippen LogP contribution >= 0.6 is 0 Å². The lowest BCUT2D eigenvalue weighted by Gasteiger charge is -2.25. The Labute approximate surface area is 173 Å². The van der Waals surface area contributed by atoms with Gasteiger partial charge in [-0.2, -0.15) is 0 Å². The minimum Gasteiger partial charge on any atom is -0.465 e. The summed E-state index contributed by atoms with van der Waals surface area (Å²) in [5, 5.41) is 2.73. The molecule has 2 heterocycles. The third-order valence-electron chi connectivity index (χ3n) is 5.38. The summed E-state index contributed by atoms with van der Waals surface area (Å²) in [5.74, 6) is -1.29. The molecule has 2 aromatic rings. The number of para-hydroxylation sites is 1. The average Bonchev–Trinajstić information content (AvgIpc) is 3.24. The monoisotopic (exact) mass is 407 g/mol. The molecule has 154 valence electrons. The molecule has 0 bridgehead atoms. The van der Waals surface area contributed by atoms with E-state index in [1.54, 1.807) is 53.4 Å². The molecular formula is C22H21N3O5. The number of nitrogens with zero attached hydrogens (tertiary/aromatic N) is 2. The summed E-state index contributed by atoms with van der Waals surface area (Å²) in [6.07, 6.45) is 1.35. The average molecular weight is 407 g/mol. The van der Waals surface area contributed by atoms with Crippen LogP contribution in [-0.4, -0.2) is 54.8 Å². The Morgan fingerprint density at radius 1 is 1.10 bits per heavy atom. The molecule has 1 saturated heterocycles. The van der Waals surface area contributed by atoms with Gasteiger partial charge in [-0.15, -0.1) is 0 Å². The molecule has 30 heavy (non-hydrogen) atoms. The van der Waals surface area contributed by atoms with Crippen LogP contribution in [0.25, 0.3) is 0 Å². The molecule has 0 saturated carbocycles. The molecule has 2 aliphatic rings. The molecule has 4 rings (SSSR count). The van der Waals surface area contributed by atoms with E-state index in [0.29, 0.717) is 35.5 Å². The molecule has 1 atom stereocenters. The van der Waals surface area contributed by atoms with Crippen LogP contribution in [0.15, 0.2) is 48.5 Å². The maximum atomic E-state index is 13.2. The number of methoxy groups -OCH3 is 1. The van der Waals surface area contributed by atoms with Crippen molar-refractivity contribution in [2.75, 3.05) is 30.4 Å². The Kier molecular flexibility index (Phi) is 5.22. The van der Waals surface area contributed by atoms with Crippen LogP contribution in [0, 0.1) is 0 Å². The molecule has 1 unspecified atom stereocenters. The van der Waals surface area contributed by atoms with Crippen LogP contribution in [0.4, 0.5) is 11.4 Å². The molecule has 2 aliphatic heterocycles. The number of carbonyl (C=O) groups excluding carboxylic acids is 4. The normalized spacial score (nSPS) is 17.8. The first-order valence-electron chi connectivity index (χ1n) is 9.69. The number of fused-ring (bicyclic) bond motifs is 2. The summed E-state index contributed by atoms with van der Waals surface area (Å²) in [7, 11) is 1.30. The molecule has 2 aromatic carbocycles. The summed E-state index contributed by atoms with van der Waals surface area (Å²) in [4.78, 5) is 53.3. The van der Waals surface area contributed by atoms with Crippen LogP contribution in [0.2, 0.25) is 0 Å². The van der Waals surface area contributed by atoms with Gasteiger partial charge in [-0.3, -0.25) is 14.4 Å². The highest BCUT2D eigenvalue weighted by Crippen LogP contribution is 2.32. The van der Waals surface area contributed by atoms with Gasteiger partial charge in [0, 0.05) is 12.2 Å². The van der Waals surface area contributed by atoms with Crippen molar-refractivity contribution in [2.45, 2.75) is 18.9 Å². The second-order valence-corrected chi connectivity index (χ2v) is 7.22. The molecule has 8 nitrogen and oxygen atoms in total. The maximum Gasteiger partial charge on any atom is 0.337 e. The zero-order valence-electron chi connectivity index (χ0n) is 16.5. The number of hydrogen-bond donors (Lipinski definition) is 1. The van der Waals surface area contributed by atoms with Gasteiger partial charge in [0.1, 0.15) is 12.6 Å². The highest BCUT2D eigenvalue weighted by atomic mass is 16.5. The van der Waals surface area contributed by atoms with E-state index in [2.05, 4.69) is 10.1 Å². The fourth-order valence-electron chi connectivity index (χ4n) is 3.92. The molecule has 0 radical (unpaired) electrons. The summed E-state index contributed by atoms with van der Waals surface area (Å²) < 4.78 is 4.66. The fraction of sp³-hybridized carbons (Fsp3) is 0.273. The Balaban J connectivity index is 1.56. The molecule has 8 heteroatoms. The van der Waals surface area contributed by atoms with Crippen molar-refractivity contribution in [2.24, 2.45) is 0 Å². The van der Waals surface area contributed by atoms with E-state index in [4.69, 9.17) is 0 Å². The van der Waals surface area contributed by atoms with E-state index in [0.717, 1.165) is 6.42 Å². The number of esters is 1. The van der Waals surface area contributed by atoms with Gasteiger partial charge in [0.2, 0.25) is 11.8 Å². The van der Waals surface area contributed by atoms with Crippen molar-refractivity contribution < 1.29 is 23.9 Å². The van der Waals surface area contributed by atoms with E-state index in [9.17, 15) is 19.2 Å². The lowest BCUT2D eigenvalue weighted by molar-refractivity contribution is -0.124. The highest BCUT2D eigenvalue weighted by molar-refractivity contribution is 6.13. The van der Waals surface area contributed by atoms with Gasteiger partial charge in [-0.05, 0) is 49.2 Å². The third kappa shape index (κ3) is 3.52. The minimum atomic E-state index is -0.544. The van der Waals surface area contributed by atoms with Gasteiger partial charge in [-0.25, -0.2) is 4.79 Å². The summed E-state index contributed by atoms with van der Waals surface area (Å²) in [6, 6.07) is 12.6. The second-order valence-electron chi connectivity index (χ2n) is 7.22. The summed E-state index contributed by atoms with van der Waals surface area (Å²) in [6.45, 7) is 0.322. The molecule has 0 aromatic heterocycles. The van der Waals surface area contributed by atoms with Crippen molar-refractivity contribution in [1.29, 1.82) is 0 Å². The zero-order chi connectivity index (χ0) is 21.3. The fourth-order valence-corrected chi connectivity index (χ4v) is 3.92. The predicted molar refractivity (Wildman–Crippen MR) is 109 cm³/mol. The van der Waals surface area contributed by atoms with Crippen LogP contribution in [0.1, 0.15) is 33.6 Å². The lowest BCUT2D eigenvalue weighted by atomic mass is 10.1. The van der Waals surface area contributed by atoms with Crippen molar-refractivity contribution in [3.05, 3.63) is 59.7 Å². The molecule has 0 aliphatic carbocycles. The first-order chi connectivity index (χ1) is 14.5. The van der Waals surface area contributed by atoms with E-state index < -0.39 is 17.9 Å². The number of rotatable bonds is 4. The highest BCUT2D eigenvalue weighted by Gasteiger charge is 2.42. The Bertz CT molecular complexity index is 1020. The molecule has 1 N–H and O–H groups in total. The Hall–Kier alpha value is -3.68. The number of carbonyl (C=O) groups is 4. The first kappa shape index (κ1) is 19.6. The van der Waals surface area contributed by atoms with Crippen molar-refractivity contribution in [1.82, 2.24) is 4.90 Å². The van der Waals surface area contributed by atoms with E-state index in [-0.39, 0.29) is 18.4 Å². The van der Waals surface area contributed by atoms with Crippen molar-refractivity contribution in [3.63, 3.8) is 0 Å². The van der Waals surface area contributed by atoms with Crippen molar-refractivity contribution in [3.8, 4) is 0 Å². The summed E-state index contributed by atoms with van der Waals surface area (Å²) >= 11 is 0. The number of nitrogens with one attached hydrogen (secondary N) is 1. The standard InChI is InChI=1S/C22H21N3O5/c1-30-22(29)14-8-10-15(11-9-14)23-19(26)13-25-17-6-3-2-5-16(17)20(27)24-12-4-7-18(24)21(25)28/h2-3,5-6,8-11,18H,4,7,12-13H2,1H3,(H,23,26). The van der Waals surface area contributed by atoms with E-state index in [1.807, 2.05) is 0 Å². The molecule has 0 spiro atoms. The first-order valence-corrected chi connectivity index (χ1v) is 9.69. The van der Waals surface area contributed by atoms with Gasteiger partial charge in [-0.1, -0.05) is 12.1 Å². The number of anilines is 2. The van der Waals surface area contributed by atoms with Gasteiger partial charge in [0.05, 0.1) is 23.9 Å². The quantitative estimate of drug-likeness (QED) is 0.783. The maximum absolute atomic E-state index is 13.2. The van der Waals surface area contributed by atoms with Gasteiger partial charge in [0.15, 0.2) is 0 Å². The molecule has 3 amide bonds. The van der Waals surface area contributed by atoms with E-state index >= 15 is 0 Å². The van der Waals surface area contributed by atoms with Crippen LogP contribution in [0.3, 0.4) is 0 Å². The van der Waals surface area contributed by atoms with Crippen LogP contribution < -0.4 is 10.2 Å². The SMILES string of the molecule is COC(=O)c1ccc(NC(=O)CN2C(=O)C3CCCN3C(=O)c3ccccc32)cc1. The third-order valence-corrected chi connectivity index (χ3v) is 5.38. The zero-order valence-corrected chi connectivity index (χ0v) is 16.5. The van der Waals surface area contributed by atoms with Crippen LogP contribution in [-0.2, 0) is 14.3 Å². The Morgan fingerprint density at radius 2 is 1.83 bits per heavy atom. The van der Waals surface area contributed by atoms with Gasteiger partial charge < -0.3 is 19.9 Å².